The van der Waals surface area contributed by atoms with E-state index in [2.05, 4.69) is 38.1 Å². The molecule has 1 atom stereocenters. The van der Waals surface area contributed by atoms with Crippen molar-refractivity contribution in [1.82, 2.24) is 9.78 Å². The highest BCUT2D eigenvalue weighted by atomic mass is 32.2. The number of carbonyl (C=O) groups excluding carboxylic acids is 1. The van der Waals surface area contributed by atoms with Crippen LogP contribution in [0, 0.1) is 11.8 Å². The van der Waals surface area contributed by atoms with Crippen molar-refractivity contribution in [1.29, 1.82) is 0 Å². The van der Waals surface area contributed by atoms with Crippen molar-refractivity contribution in [2.45, 2.75) is 89.7 Å². The van der Waals surface area contributed by atoms with Gasteiger partial charge in [0, 0.05) is 22.3 Å². The minimum absolute atomic E-state index is 0.0961. The van der Waals surface area contributed by atoms with Crippen LogP contribution in [0.15, 0.2) is 0 Å². The highest BCUT2D eigenvalue weighted by molar-refractivity contribution is 7.83. The maximum absolute atomic E-state index is 12.9. The average molecular weight is 380 g/mol. The van der Waals surface area contributed by atoms with Gasteiger partial charge in [-0.25, -0.2) is 4.68 Å². The van der Waals surface area contributed by atoms with E-state index in [1.54, 1.807) is 0 Å². The number of nitrogens with zero attached hydrogens (tertiary/aromatic N) is 2. The molecule has 1 saturated carbocycles. The standard InChI is InChI=1S/C20H33N3O2S/c1-5-6-7-14-8-10-15(11-9-14)19(24)21-18-16-12-26(25)13-17(16)22-23(18)20(2,3)4/h14-15H,5-13H2,1-4H3,(H,21,24). The Morgan fingerprint density at radius 2 is 1.92 bits per heavy atom. The van der Waals surface area contributed by atoms with Crippen LogP contribution in [0.25, 0.3) is 0 Å². The molecule has 2 heterocycles. The van der Waals surface area contributed by atoms with E-state index >= 15 is 0 Å². The molecule has 0 aromatic carbocycles. The molecule has 1 unspecified atom stereocenters. The number of aromatic nitrogens is 2. The third kappa shape index (κ3) is 4.21. The van der Waals surface area contributed by atoms with Gasteiger partial charge >= 0.3 is 0 Å². The lowest BCUT2D eigenvalue weighted by Crippen LogP contribution is -2.31. The highest BCUT2D eigenvalue weighted by Gasteiger charge is 2.33. The molecule has 0 bridgehead atoms. The SMILES string of the molecule is CCCCC1CCC(C(=O)Nc2c3c(nn2C(C)(C)C)CS(=O)C3)CC1. The Labute approximate surface area is 159 Å². The van der Waals surface area contributed by atoms with Crippen LogP contribution >= 0.6 is 0 Å². The van der Waals surface area contributed by atoms with Crippen LogP contribution in [0.5, 0.6) is 0 Å². The summed E-state index contributed by atoms with van der Waals surface area (Å²) in [4.78, 5) is 12.9. The molecular weight excluding hydrogens is 346 g/mol. The molecule has 2 aliphatic rings. The minimum Gasteiger partial charge on any atom is -0.310 e. The number of fused-ring (bicyclic) bond motifs is 1. The molecule has 26 heavy (non-hydrogen) atoms. The first-order chi connectivity index (χ1) is 12.3. The van der Waals surface area contributed by atoms with Crippen molar-refractivity contribution in [3.05, 3.63) is 11.3 Å². The van der Waals surface area contributed by atoms with Crippen LogP contribution in [-0.4, -0.2) is 19.9 Å². The number of unbranched alkanes of at least 4 members (excludes halogenated alkanes) is 1. The molecule has 3 rings (SSSR count). The predicted molar refractivity (Wildman–Crippen MR) is 106 cm³/mol. The highest BCUT2D eigenvalue weighted by Crippen LogP contribution is 2.35. The Morgan fingerprint density at radius 3 is 2.54 bits per heavy atom. The van der Waals surface area contributed by atoms with Crippen molar-refractivity contribution in [2.75, 3.05) is 5.32 Å². The predicted octanol–water partition coefficient (Wildman–Crippen LogP) is 4.34. The van der Waals surface area contributed by atoms with Gasteiger partial charge in [0.15, 0.2) is 0 Å². The van der Waals surface area contributed by atoms with E-state index in [4.69, 9.17) is 0 Å². The quantitative estimate of drug-likeness (QED) is 0.828. The number of amides is 1. The molecule has 5 nitrogen and oxygen atoms in total. The van der Waals surface area contributed by atoms with Gasteiger partial charge in [-0.15, -0.1) is 0 Å². The molecule has 1 aromatic heterocycles. The molecule has 1 aliphatic carbocycles. The van der Waals surface area contributed by atoms with Crippen molar-refractivity contribution < 1.29 is 9.00 Å². The van der Waals surface area contributed by atoms with Crippen LogP contribution in [0.4, 0.5) is 5.82 Å². The van der Waals surface area contributed by atoms with Gasteiger partial charge in [0.2, 0.25) is 5.91 Å². The van der Waals surface area contributed by atoms with Crippen molar-refractivity contribution in [3.8, 4) is 0 Å². The molecule has 1 aromatic rings. The van der Waals surface area contributed by atoms with Crippen molar-refractivity contribution >= 4 is 22.5 Å². The average Bonchev–Trinajstić information content (AvgIpc) is 3.10. The lowest BCUT2D eigenvalue weighted by atomic mass is 9.79. The molecule has 1 aliphatic heterocycles. The Kier molecular flexibility index (Phi) is 5.90. The monoisotopic (exact) mass is 379 g/mol. The number of anilines is 1. The lowest BCUT2D eigenvalue weighted by Gasteiger charge is -2.29. The molecule has 6 heteroatoms. The zero-order valence-electron chi connectivity index (χ0n) is 16.6. The second-order valence-corrected chi connectivity index (χ2v) is 10.4. The lowest BCUT2D eigenvalue weighted by molar-refractivity contribution is -0.121. The third-order valence-corrected chi connectivity index (χ3v) is 6.94. The molecule has 146 valence electrons. The van der Waals surface area contributed by atoms with Gasteiger partial charge in [0.1, 0.15) is 5.82 Å². The first-order valence-corrected chi connectivity index (χ1v) is 11.6. The van der Waals surface area contributed by atoms with Gasteiger partial charge < -0.3 is 5.32 Å². The van der Waals surface area contributed by atoms with Crippen molar-refractivity contribution in [2.24, 2.45) is 11.8 Å². The molecule has 1 fully saturated rings. The molecule has 1 N–H and O–H groups in total. The van der Waals surface area contributed by atoms with E-state index in [1.165, 1.54) is 32.1 Å². The summed E-state index contributed by atoms with van der Waals surface area (Å²) in [6, 6.07) is 0. The summed E-state index contributed by atoms with van der Waals surface area (Å²) in [7, 11) is -0.888. The Morgan fingerprint density at radius 1 is 1.23 bits per heavy atom. The third-order valence-electron chi connectivity index (χ3n) is 5.73. The number of carbonyl (C=O) groups is 1. The summed E-state index contributed by atoms with van der Waals surface area (Å²) >= 11 is 0. The van der Waals surface area contributed by atoms with Gasteiger partial charge in [0.25, 0.3) is 0 Å². The summed E-state index contributed by atoms with van der Waals surface area (Å²) in [5, 5.41) is 7.84. The largest absolute Gasteiger partial charge is 0.310 e. The minimum atomic E-state index is -0.888. The Balaban J connectivity index is 1.69. The molecular formula is C20H33N3O2S. The van der Waals surface area contributed by atoms with E-state index < -0.39 is 10.8 Å². The number of nitrogens with one attached hydrogen (secondary N) is 1. The maximum atomic E-state index is 12.9. The first-order valence-electron chi connectivity index (χ1n) is 10.1. The van der Waals surface area contributed by atoms with Crippen LogP contribution in [0.2, 0.25) is 0 Å². The van der Waals surface area contributed by atoms with Gasteiger partial charge in [-0.05, 0) is 52.4 Å². The molecule has 1 amide bonds. The number of rotatable bonds is 5. The normalized spacial score (nSPS) is 25.9. The van der Waals surface area contributed by atoms with Gasteiger partial charge in [-0.1, -0.05) is 26.2 Å². The van der Waals surface area contributed by atoms with Crippen LogP contribution < -0.4 is 5.32 Å². The zero-order valence-corrected chi connectivity index (χ0v) is 17.5. The van der Waals surface area contributed by atoms with Crippen LogP contribution in [0.3, 0.4) is 0 Å². The van der Waals surface area contributed by atoms with E-state index in [0.29, 0.717) is 11.5 Å². The summed E-state index contributed by atoms with van der Waals surface area (Å²) in [6.07, 6.45) is 8.16. The molecule has 0 radical (unpaired) electrons. The number of hydrogen-bond acceptors (Lipinski definition) is 3. The summed E-state index contributed by atoms with van der Waals surface area (Å²) in [5.41, 5.74) is 1.65. The van der Waals surface area contributed by atoms with E-state index in [0.717, 1.165) is 35.8 Å². The van der Waals surface area contributed by atoms with Gasteiger partial charge in [-0.3, -0.25) is 9.00 Å². The van der Waals surface area contributed by atoms with E-state index in [1.807, 2.05) is 4.68 Å². The summed E-state index contributed by atoms with van der Waals surface area (Å²) in [5.74, 6) is 2.79. The summed E-state index contributed by atoms with van der Waals surface area (Å²) in [6.45, 7) is 8.49. The second-order valence-electron chi connectivity index (χ2n) is 8.93. The molecule has 0 spiro atoms. The van der Waals surface area contributed by atoms with Crippen LogP contribution in [0.1, 0.15) is 83.9 Å². The topological polar surface area (TPSA) is 64.0 Å². The zero-order chi connectivity index (χ0) is 18.9. The smallest absolute Gasteiger partial charge is 0.228 e. The first kappa shape index (κ1) is 19.6. The van der Waals surface area contributed by atoms with Crippen molar-refractivity contribution in [3.63, 3.8) is 0 Å². The van der Waals surface area contributed by atoms with Gasteiger partial charge in [0.05, 0.1) is 22.7 Å². The fraction of sp³-hybridized carbons (Fsp3) is 0.800. The van der Waals surface area contributed by atoms with Gasteiger partial charge in [-0.2, -0.15) is 5.10 Å². The number of hydrogen-bond donors (Lipinski definition) is 1. The van der Waals surface area contributed by atoms with Crippen LogP contribution in [-0.2, 0) is 32.6 Å². The second kappa shape index (κ2) is 7.83. The van der Waals surface area contributed by atoms with E-state index in [-0.39, 0.29) is 17.4 Å². The maximum Gasteiger partial charge on any atom is 0.228 e. The fourth-order valence-corrected chi connectivity index (χ4v) is 5.43. The molecule has 0 saturated heterocycles. The fourth-order valence-electron chi connectivity index (χ4n) is 4.17. The summed E-state index contributed by atoms with van der Waals surface area (Å²) < 4.78 is 13.8. The Hall–Kier alpha value is -1.17. The Bertz CT molecular complexity index is 682. The van der Waals surface area contributed by atoms with E-state index in [9.17, 15) is 9.00 Å².